The minimum Gasteiger partial charge on any atom is -0.481 e. The van der Waals surface area contributed by atoms with Gasteiger partial charge >= 0.3 is 0 Å². The summed E-state index contributed by atoms with van der Waals surface area (Å²) in [6.45, 7) is 3.76. The number of hydrogen-bond acceptors (Lipinski definition) is 2. The van der Waals surface area contributed by atoms with Gasteiger partial charge in [-0.2, -0.15) is 0 Å². The van der Waals surface area contributed by atoms with Gasteiger partial charge < -0.3 is 10.1 Å². The molecule has 3 heteroatoms. The average Bonchev–Trinajstić information content (AvgIpc) is 2.56. The van der Waals surface area contributed by atoms with Gasteiger partial charge in [0.2, 0.25) is 0 Å². The molecule has 2 aromatic rings. The Bertz CT molecular complexity index is 709. The fourth-order valence-electron chi connectivity index (χ4n) is 2.99. The molecule has 0 heterocycles. The molecule has 0 aromatic heterocycles. The first kappa shape index (κ1) is 15.6. The van der Waals surface area contributed by atoms with Crippen LogP contribution in [0.15, 0.2) is 42.5 Å². The molecule has 3 rings (SSSR count). The normalized spacial score (nSPS) is 14.7. The van der Waals surface area contributed by atoms with Gasteiger partial charge in [0.05, 0.1) is 0 Å². The molecule has 0 saturated carbocycles. The highest BCUT2D eigenvalue weighted by Gasteiger charge is 2.17. The highest BCUT2D eigenvalue weighted by molar-refractivity contribution is 5.94. The van der Waals surface area contributed by atoms with E-state index in [9.17, 15) is 4.79 Å². The first-order valence-corrected chi connectivity index (χ1v) is 8.28. The number of para-hydroxylation sites is 1. The number of carbonyl (C=O) groups is 1. The maximum absolute atomic E-state index is 12.3. The van der Waals surface area contributed by atoms with Crippen molar-refractivity contribution < 1.29 is 9.53 Å². The lowest BCUT2D eigenvalue weighted by Crippen LogP contribution is -2.30. The van der Waals surface area contributed by atoms with Crippen molar-refractivity contribution in [2.24, 2.45) is 0 Å². The van der Waals surface area contributed by atoms with Crippen molar-refractivity contribution in [2.45, 2.75) is 45.6 Å². The number of nitrogens with one attached hydrogen (secondary N) is 1. The fourth-order valence-corrected chi connectivity index (χ4v) is 2.99. The zero-order valence-corrected chi connectivity index (χ0v) is 13.8. The molecular formula is C20H23NO2. The van der Waals surface area contributed by atoms with Crippen LogP contribution in [0.3, 0.4) is 0 Å². The third kappa shape index (κ3) is 3.73. The average molecular weight is 309 g/mol. The zero-order valence-electron chi connectivity index (χ0n) is 13.8. The number of anilines is 1. The van der Waals surface area contributed by atoms with Crippen LogP contribution in [-0.2, 0) is 17.6 Å². The maximum atomic E-state index is 12.3. The monoisotopic (exact) mass is 309 g/mol. The van der Waals surface area contributed by atoms with Crippen LogP contribution in [0.4, 0.5) is 5.69 Å². The molecule has 1 aliphatic rings. The summed E-state index contributed by atoms with van der Waals surface area (Å²) in [5.41, 5.74) is 4.65. The molecule has 1 N–H and O–H groups in total. The second-order valence-corrected chi connectivity index (χ2v) is 6.20. The van der Waals surface area contributed by atoms with Crippen LogP contribution < -0.4 is 10.1 Å². The third-order valence-corrected chi connectivity index (χ3v) is 4.40. The maximum Gasteiger partial charge on any atom is 0.265 e. The standard InChI is InChI=1S/C20H23NO2/c1-14-7-3-6-10-19(14)21-20(22)15(2)23-18-12-11-16-8-4-5-9-17(16)13-18/h3,6-7,10-13,15H,4-5,8-9H2,1-2H3,(H,21,22). The molecule has 1 aliphatic carbocycles. The molecular weight excluding hydrogens is 286 g/mol. The van der Waals surface area contributed by atoms with Gasteiger partial charge in [-0.25, -0.2) is 0 Å². The zero-order chi connectivity index (χ0) is 16.2. The van der Waals surface area contributed by atoms with E-state index in [4.69, 9.17) is 4.74 Å². The predicted molar refractivity (Wildman–Crippen MR) is 93.0 cm³/mol. The minimum absolute atomic E-state index is 0.128. The van der Waals surface area contributed by atoms with Crippen LogP contribution in [-0.4, -0.2) is 12.0 Å². The minimum atomic E-state index is -0.531. The molecule has 120 valence electrons. The van der Waals surface area contributed by atoms with Crippen LogP contribution in [0.25, 0.3) is 0 Å². The van der Waals surface area contributed by atoms with E-state index in [-0.39, 0.29) is 5.91 Å². The molecule has 0 radical (unpaired) electrons. The lowest BCUT2D eigenvalue weighted by molar-refractivity contribution is -0.122. The molecule has 2 aromatic carbocycles. The number of benzene rings is 2. The second-order valence-electron chi connectivity index (χ2n) is 6.20. The summed E-state index contributed by atoms with van der Waals surface area (Å²) >= 11 is 0. The quantitative estimate of drug-likeness (QED) is 0.915. The highest BCUT2D eigenvalue weighted by atomic mass is 16.5. The number of hydrogen-bond donors (Lipinski definition) is 1. The first-order chi connectivity index (χ1) is 11.1. The Hall–Kier alpha value is -2.29. The van der Waals surface area contributed by atoms with E-state index in [2.05, 4.69) is 17.4 Å². The summed E-state index contributed by atoms with van der Waals surface area (Å²) in [5, 5.41) is 2.93. The second kappa shape index (κ2) is 6.86. The van der Waals surface area contributed by atoms with Crippen molar-refractivity contribution >= 4 is 11.6 Å². The number of rotatable bonds is 4. The van der Waals surface area contributed by atoms with Gasteiger partial charge in [0.1, 0.15) is 5.75 Å². The van der Waals surface area contributed by atoms with E-state index < -0.39 is 6.10 Å². The van der Waals surface area contributed by atoms with E-state index in [1.54, 1.807) is 6.92 Å². The lowest BCUT2D eigenvalue weighted by Gasteiger charge is -2.19. The Morgan fingerprint density at radius 3 is 2.61 bits per heavy atom. The molecule has 0 saturated heterocycles. The van der Waals surface area contributed by atoms with Crippen molar-refractivity contribution in [3.8, 4) is 5.75 Å². The van der Waals surface area contributed by atoms with E-state index >= 15 is 0 Å². The van der Waals surface area contributed by atoms with Gasteiger partial charge in [-0.3, -0.25) is 4.79 Å². The molecule has 0 aliphatic heterocycles. The predicted octanol–water partition coefficient (Wildman–Crippen LogP) is 4.28. The first-order valence-electron chi connectivity index (χ1n) is 8.28. The summed E-state index contributed by atoms with van der Waals surface area (Å²) in [4.78, 5) is 12.3. The highest BCUT2D eigenvalue weighted by Crippen LogP contribution is 2.26. The summed E-state index contributed by atoms with van der Waals surface area (Å²) in [5.74, 6) is 0.648. The van der Waals surface area contributed by atoms with Crippen molar-refractivity contribution in [3.05, 3.63) is 59.2 Å². The summed E-state index contributed by atoms with van der Waals surface area (Å²) in [6, 6.07) is 13.9. The Balaban J connectivity index is 1.65. The molecule has 0 spiro atoms. The van der Waals surface area contributed by atoms with E-state index in [0.717, 1.165) is 29.8 Å². The molecule has 1 amide bonds. The molecule has 23 heavy (non-hydrogen) atoms. The molecule has 1 unspecified atom stereocenters. The van der Waals surface area contributed by atoms with E-state index in [1.165, 1.54) is 24.0 Å². The third-order valence-electron chi connectivity index (χ3n) is 4.40. The van der Waals surface area contributed by atoms with Crippen LogP contribution in [0, 0.1) is 6.92 Å². The molecule has 0 fully saturated rings. The fraction of sp³-hybridized carbons (Fsp3) is 0.350. The van der Waals surface area contributed by atoms with Crippen molar-refractivity contribution in [2.75, 3.05) is 5.32 Å². The van der Waals surface area contributed by atoms with Crippen LogP contribution in [0.1, 0.15) is 36.5 Å². The van der Waals surface area contributed by atoms with E-state index in [0.29, 0.717) is 0 Å². The number of aryl methyl sites for hydroxylation is 3. The largest absolute Gasteiger partial charge is 0.481 e. The van der Waals surface area contributed by atoms with Gasteiger partial charge in [-0.1, -0.05) is 24.3 Å². The van der Waals surface area contributed by atoms with Crippen molar-refractivity contribution in [1.82, 2.24) is 0 Å². The van der Waals surface area contributed by atoms with Gasteiger partial charge in [0.25, 0.3) is 5.91 Å². The van der Waals surface area contributed by atoms with Crippen LogP contribution in [0.2, 0.25) is 0 Å². The smallest absolute Gasteiger partial charge is 0.265 e. The lowest BCUT2D eigenvalue weighted by atomic mass is 9.92. The Morgan fingerprint density at radius 2 is 1.83 bits per heavy atom. The number of fused-ring (bicyclic) bond motifs is 1. The van der Waals surface area contributed by atoms with Gasteiger partial charge in [0, 0.05) is 5.69 Å². The van der Waals surface area contributed by atoms with Crippen molar-refractivity contribution in [3.63, 3.8) is 0 Å². The van der Waals surface area contributed by atoms with E-state index in [1.807, 2.05) is 37.3 Å². The summed E-state index contributed by atoms with van der Waals surface area (Å²) in [6.07, 6.45) is 4.23. The van der Waals surface area contributed by atoms with Gasteiger partial charge in [-0.15, -0.1) is 0 Å². The Kier molecular flexibility index (Phi) is 4.65. The van der Waals surface area contributed by atoms with Crippen LogP contribution in [0.5, 0.6) is 5.75 Å². The van der Waals surface area contributed by atoms with Crippen molar-refractivity contribution in [1.29, 1.82) is 0 Å². The number of ether oxygens (including phenoxy) is 1. The summed E-state index contributed by atoms with van der Waals surface area (Å²) < 4.78 is 5.84. The van der Waals surface area contributed by atoms with Crippen LogP contribution >= 0.6 is 0 Å². The molecule has 3 nitrogen and oxygen atoms in total. The number of carbonyl (C=O) groups excluding carboxylic acids is 1. The topological polar surface area (TPSA) is 38.3 Å². The molecule has 0 bridgehead atoms. The number of amides is 1. The Labute approximate surface area is 137 Å². The molecule has 1 atom stereocenters. The van der Waals surface area contributed by atoms with Gasteiger partial charge in [-0.05, 0) is 74.4 Å². The summed E-state index contributed by atoms with van der Waals surface area (Å²) in [7, 11) is 0. The Morgan fingerprint density at radius 1 is 1.09 bits per heavy atom. The van der Waals surface area contributed by atoms with Gasteiger partial charge in [0.15, 0.2) is 6.10 Å². The SMILES string of the molecule is Cc1ccccc1NC(=O)C(C)Oc1ccc2c(c1)CCCC2.